The standard InChI is InChI=1S/C13H22N4O3/c18-5-7-20-10-12-13-8-16(11-2-6-19-9-11)3-1-4-17(13)15-14-12/h11,18H,1-10H2/t11-/m0/s1. The highest BCUT2D eigenvalue weighted by molar-refractivity contribution is 5.10. The van der Waals surface area contributed by atoms with E-state index in [4.69, 9.17) is 14.6 Å². The van der Waals surface area contributed by atoms with Crippen molar-refractivity contribution in [2.45, 2.75) is 38.6 Å². The molecule has 1 N–H and O–H groups in total. The van der Waals surface area contributed by atoms with Crippen LogP contribution in [0.3, 0.4) is 0 Å². The molecule has 0 aromatic carbocycles. The van der Waals surface area contributed by atoms with Crippen LogP contribution in [-0.2, 0) is 29.2 Å². The summed E-state index contributed by atoms with van der Waals surface area (Å²) in [6.45, 7) is 5.34. The minimum absolute atomic E-state index is 0.0367. The Morgan fingerprint density at radius 2 is 2.35 bits per heavy atom. The zero-order chi connectivity index (χ0) is 13.8. The van der Waals surface area contributed by atoms with Crippen LogP contribution in [0, 0.1) is 0 Å². The van der Waals surface area contributed by atoms with Crippen molar-refractivity contribution in [3.63, 3.8) is 0 Å². The summed E-state index contributed by atoms with van der Waals surface area (Å²) >= 11 is 0. The highest BCUT2D eigenvalue weighted by Gasteiger charge is 2.27. The van der Waals surface area contributed by atoms with E-state index < -0.39 is 0 Å². The number of hydrogen-bond donors (Lipinski definition) is 1. The predicted octanol–water partition coefficient (Wildman–Crippen LogP) is -0.218. The van der Waals surface area contributed by atoms with Gasteiger partial charge in [-0.25, -0.2) is 4.68 Å². The maximum atomic E-state index is 8.78. The van der Waals surface area contributed by atoms with Gasteiger partial charge in [-0.3, -0.25) is 4.90 Å². The number of hydrogen-bond acceptors (Lipinski definition) is 6. The van der Waals surface area contributed by atoms with E-state index >= 15 is 0 Å². The summed E-state index contributed by atoms with van der Waals surface area (Å²) in [5, 5.41) is 17.2. The Balaban J connectivity index is 1.70. The molecular weight excluding hydrogens is 260 g/mol. The van der Waals surface area contributed by atoms with Crippen LogP contribution in [0.25, 0.3) is 0 Å². The first-order valence-electron chi connectivity index (χ1n) is 7.30. The average molecular weight is 282 g/mol. The smallest absolute Gasteiger partial charge is 0.113 e. The fourth-order valence-electron chi connectivity index (χ4n) is 2.88. The van der Waals surface area contributed by atoms with Gasteiger partial charge in [0.15, 0.2) is 0 Å². The lowest BCUT2D eigenvalue weighted by molar-refractivity contribution is 0.0784. The van der Waals surface area contributed by atoms with Gasteiger partial charge in [-0.1, -0.05) is 5.21 Å². The van der Waals surface area contributed by atoms with Gasteiger partial charge in [0.05, 0.1) is 32.1 Å². The molecule has 2 aliphatic heterocycles. The summed E-state index contributed by atoms with van der Waals surface area (Å²) in [6, 6.07) is 0.516. The summed E-state index contributed by atoms with van der Waals surface area (Å²) in [6.07, 6.45) is 2.20. The maximum absolute atomic E-state index is 8.78. The predicted molar refractivity (Wildman–Crippen MR) is 71.0 cm³/mol. The van der Waals surface area contributed by atoms with Crippen LogP contribution in [-0.4, -0.2) is 64.0 Å². The number of fused-ring (bicyclic) bond motifs is 1. The lowest BCUT2D eigenvalue weighted by Crippen LogP contribution is -2.35. The molecule has 0 saturated carbocycles. The Bertz CT molecular complexity index is 431. The summed E-state index contributed by atoms with van der Waals surface area (Å²) in [5.74, 6) is 0. The molecule has 0 radical (unpaired) electrons. The molecule has 0 aliphatic carbocycles. The Hall–Kier alpha value is -1.02. The lowest BCUT2D eigenvalue weighted by atomic mass is 10.2. The second kappa shape index (κ2) is 6.62. The fourth-order valence-corrected chi connectivity index (χ4v) is 2.88. The summed E-state index contributed by atoms with van der Waals surface area (Å²) < 4.78 is 12.9. The van der Waals surface area contributed by atoms with E-state index in [2.05, 4.69) is 15.2 Å². The van der Waals surface area contributed by atoms with Gasteiger partial charge in [0.1, 0.15) is 5.69 Å². The van der Waals surface area contributed by atoms with Crippen LogP contribution < -0.4 is 0 Å². The average Bonchev–Trinajstić information content (AvgIpc) is 3.06. The summed E-state index contributed by atoms with van der Waals surface area (Å²) in [7, 11) is 0. The molecule has 2 aliphatic rings. The van der Waals surface area contributed by atoms with E-state index in [1.54, 1.807) is 0 Å². The molecule has 0 unspecified atom stereocenters. The van der Waals surface area contributed by atoms with Gasteiger partial charge in [-0.05, 0) is 12.8 Å². The van der Waals surface area contributed by atoms with E-state index in [-0.39, 0.29) is 6.61 Å². The van der Waals surface area contributed by atoms with Gasteiger partial charge in [-0.2, -0.15) is 0 Å². The molecule has 7 nitrogen and oxygen atoms in total. The Labute approximate surface area is 118 Å². The van der Waals surface area contributed by atoms with Crippen molar-refractivity contribution in [2.75, 3.05) is 33.0 Å². The molecule has 1 aromatic rings. The topological polar surface area (TPSA) is 72.6 Å². The van der Waals surface area contributed by atoms with Gasteiger partial charge in [0.2, 0.25) is 0 Å². The SMILES string of the molecule is OCCOCc1nnn2c1CN([C@H]1CCOC1)CCC2. The molecule has 0 bridgehead atoms. The highest BCUT2D eigenvalue weighted by Crippen LogP contribution is 2.21. The largest absolute Gasteiger partial charge is 0.394 e. The first-order chi connectivity index (χ1) is 9.88. The molecular formula is C13H22N4O3. The van der Waals surface area contributed by atoms with Crippen LogP contribution in [0.4, 0.5) is 0 Å². The Kier molecular flexibility index (Phi) is 4.62. The third kappa shape index (κ3) is 3.01. The number of ether oxygens (including phenoxy) is 2. The van der Waals surface area contributed by atoms with E-state index in [0.717, 1.165) is 57.1 Å². The molecule has 1 atom stereocenters. The van der Waals surface area contributed by atoms with Gasteiger partial charge in [-0.15, -0.1) is 5.10 Å². The molecule has 3 heterocycles. The summed E-state index contributed by atoms with van der Waals surface area (Å²) in [5.41, 5.74) is 2.04. The Morgan fingerprint density at radius 3 is 3.15 bits per heavy atom. The third-order valence-electron chi connectivity index (χ3n) is 3.98. The fraction of sp³-hybridized carbons (Fsp3) is 0.846. The monoisotopic (exact) mass is 282 g/mol. The number of aliphatic hydroxyl groups excluding tert-OH is 1. The number of aryl methyl sites for hydroxylation is 1. The van der Waals surface area contributed by atoms with Crippen LogP contribution in [0.5, 0.6) is 0 Å². The number of aliphatic hydroxyl groups is 1. The highest BCUT2D eigenvalue weighted by atomic mass is 16.5. The minimum Gasteiger partial charge on any atom is -0.394 e. The number of rotatable bonds is 5. The molecule has 3 rings (SSSR count). The van der Waals surface area contributed by atoms with E-state index in [1.165, 1.54) is 0 Å². The number of aromatic nitrogens is 3. The Morgan fingerprint density at radius 1 is 1.40 bits per heavy atom. The molecule has 1 aromatic heterocycles. The molecule has 0 amide bonds. The second-order valence-corrected chi connectivity index (χ2v) is 5.32. The molecule has 1 saturated heterocycles. The molecule has 0 spiro atoms. The molecule has 7 heteroatoms. The molecule has 20 heavy (non-hydrogen) atoms. The minimum atomic E-state index is 0.0367. The van der Waals surface area contributed by atoms with Crippen molar-refractivity contribution in [3.05, 3.63) is 11.4 Å². The first kappa shape index (κ1) is 13.9. The third-order valence-corrected chi connectivity index (χ3v) is 3.98. The van der Waals surface area contributed by atoms with Gasteiger partial charge < -0.3 is 14.6 Å². The van der Waals surface area contributed by atoms with Gasteiger partial charge in [0.25, 0.3) is 0 Å². The maximum Gasteiger partial charge on any atom is 0.113 e. The lowest BCUT2D eigenvalue weighted by Gasteiger charge is -2.25. The van der Waals surface area contributed by atoms with Crippen LogP contribution in [0.2, 0.25) is 0 Å². The van der Waals surface area contributed by atoms with Crippen LogP contribution in [0.15, 0.2) is 0 Å². The van der Waals surface area contributed by atoms with Crippen LogP contribution >= 0.6 is 0 Å². The van der Waals surface area contributed by atoms with Crippen molar-refractivity contribution in [3.8, 4) is 0 Å². The van der Waals surface area contributed by atoms with Crippen molar-refractivity contribution < 1.29 is 14.6 Å². The van der Waals surface area contributed by atoms with Crippen molar-refractivity contribution >= 4 is 0 Å². The van der Waals surface area contributed by atoms with E-state index in [1.807, 2.05) is 4.68 Å². The molecule has 112 valence electrons. The van der Waals surface area contributed by atoms with Crippen molar-refractivity contribution in [2.24, 2.45) is 0 Å². The molecule has 1 fully saturated rings. The van der Waals surface area contributed by atoms with Crippen LogP contribution in [0.1, 0.15) is 24.2 Å². The van der Waals surface area contributed by atoms with E-state index in [9.17, 15) is 0 Å². The van der Waals surface area contributed by atoms with Crippen molar-refractivity contribution in [1.82, 2.24) is 19.9 Å². The van der Waals surface area contributed by atoms with E-state index in [0.29, 0.717) is 19.3 Å². The van der Waals surface area contributed by atoms with Gasteiger partial charge >= 0.3 is 0 Å². The second-order valence-electron chi connectivity index (χ2n) is 5.32. The zero-order valence-corrected chi connectivity index (χ0v) is 11.7. The first-order valence-corrected chi connectivity index (χ1v) is 7.30. The van der Waals surface area contributed by atoms with Gasteiger partial charge in [0, 0.05) is 32.3 Å². The zero-order valence-electron chi connectivity index (χ0n) is 11.7. The quantitative estimate of drug-likeness (QED) is 0.753. The number of nitrogens with zero attached hydrogens (tertiary/aromatic N) is 4. The van der Waals surface area contributed by atoms with Crippen molar-refractivity contribution in [1.29, 1.82) is 0 Å². The normalized spacial score (nSPS) is 23.8. The summed E-state index contributed by atoms with van der Waals surface area (Å²) in [4.78, 5) is 2.48.